The van der Waals surface area contributed by atoms with E-state index in [0.29, 0.717) is 36.4 Å². The molecule has 9 nitrogen and oxygen atoms in total. The van der Waals surface area contributed by atoms with Crippen LogP contribution in [0.4, 0.5) is 10.5 Å². The van der Waals surface area contributed by atoms with Gasteiger partial charge in [0.05, 0.1) is 13.7 Å². The first-order chi connectivity index (χ1) is 16.9. The molecule has 5 rings (SSSR count). The van der Waals surface area contributed by atoms with Crippen molar-refractivity contribution in [2.45, 2.75) is 31.3 Å². The van der Waals surface area contributed by atoms with Crippen molar-refractivity contribution in [1.29, 1.82) is 0 Å². The van der Waals surface area contributed by atoms with Crippen LogP contribution in [0.2, 0.25) is 0 Å². The third-order valence-corrected chi connectivity index (χ3v) is 6.49. The number of benzene rings is 2. The van der Waals surface area contributed by atoms with Crippen molar-refractivity contribution >= 4 is 29.4 Å². The van der Waals surface area contributed by atoms with Crippen LogP contribution in [0.1, 0.15) is 40.7 Å². The second kappa shape index (κ2) is 8.80. The van der Waals surface area contributed by atoms with E-state index in [1.165, 1.54) is 12.0 Å². The second-order valence-electron chi connectivity index (χ2n) is 8.80. The number of nitrogens with one attached hydrogen (secondary N) is 2. The Hall–Kier alpha value is -4.32. The molecular formula is C26H24N4O5. The Morgan fingerprint density at radius 1 is 1.06 bits per heavy atom. The number of ether oxygens (including phenoxy) is 1. The zero-order valence-electron chi connectivity index (χ0n) is 19.2. The first-order valence-electron chi connectivity index (χ1n) is 11.4. The van der Waals surface area contributed by atoms with Crippen molar-refractivity contribution in [1.82, 2.24) is 15.5 Å². The Kier molecular flexibility index (Phi) is 5.65. The van der Waals surface area contributed by atoms with Crippen LogP contribution in [0.25, 0.3) is 0 Å². The third kappa shape index (κ3) is 4.19. The molecule has 5 amide bonds. The van der Waals surface area contributed by atoms with Gasteiger partial charge >= 0.3 is 6.03 Å². The van der Waals surface area contributed by atoms with Gasteiger partial charge in [-0.3, -0.25) is 19.7 Å². The van der Waals surface area contributed by atoms with Crippen LogP contribution in [-0.2, 0) is 16.1 Å². The van der Waals surface area contributed by atoms with Gasteiger partial charge in [-0.25, -0.2) is 4.79 Å². The van der Waals surface area contributed by atoms with Gasteiger partial charge in [0.15, 0.2) is 0 Å². The number of hydrogen-bond acceptors (Lipinski definition) is 5. The molecule has 3 aliphatic rings. The predicted molar refractivity (Wildman–Crippen MR) is 127 cm³/mol. The molecule has 35 heavy (non-hydrogen) atoms. The van der Waals surface area contributed by atoms with Crippen molar-refractivity contribution in [3.8, 4) is 17.6 Å². The fourth-order valence-corrected chi connectivity index (χ4v) is 4.59. The highest BCUT2D eigenvalue weighted by molar-refractivity contribution is 6.10. The molecule has 2 saturated heterocycles. The number of nitrogens with zero attached hydrogens (tertiary/aromatic N) is 2. The van der Waals surface area contributed by atoms with E-state index in [2.05, 4.69) is 22.5 Å². The van der Waals surface area contributed by atoms with Gasteiger partial charge in [-0.15, -0.1) is 0 Å². The number of carbonyl (C=O) groups is 4. The number of imide groups is 1. The quantitative estimate of drug-likeness (QED) is 0.521. The summed E-state index contributed by atoms with van der Waals surface area (Å²) in [5, 5.41) is 4.84. The maximum Gasteiger partial charge on any atom is 0.323 e. The monoisotopic (exact) mass is 472 g/mol. The first-order valence-corrected chi connectivity index (χ1v) is 11.4. The maximum absolute atomic E-state index is 13.0. The summed E-state index contributed by atoms with van der Waals surface area (Å²) < 4.78 is 5.21. The summed E-state index contributed by atoms with van der Waals surface area (Å²) in [6.07, 6.45) is 2.42. The molecule has 0 bridgehead atoms. The Balaban J connectivity index is 1.38. The molecule has 178 valence electrons. The fraction of sp³-hybridized carbons (Fsp3) is 0.308. The molecule has 1 atom stereocenters. The van der Waals surface area contributed by atoms with Gasteiger partial charge in [-0.2, -0.15) is 0 Å². The van der Waals surface area contributed by atoms with E-state index < -0.39 is 17.5 Å². The van der Waals surface area contributed by atoms with Gasteiger partial charge in [0, 0.05) is 36.3 Å². The molecule has 2 N–H and O–H groups in total. The topological polar surface area (TPSA) is 108 Å². The number of carbonyl (C=O) groups excluding carboxylic acids is 4. The van der Waals surface area contributed by atoms with E-state index in [1.54, 1.807) is 29.2 Å². The minimum atomic E-state index is -1.58. The number of hydrogen-bond donors (Lipinski definition) is 2. The Morgan fingerprint density at radius 3 is 2.54 bits per heavy atom. The zero-order chi connectivity index (χ0) is 24.6. The molecule has 2 fully saturated rings. The summed E-state index contributed by atoms with van der Waals surface area (Å²) in [5.74, 6) is 5.67. The molecule has 0 radical (unpaired) electrons. The number of urea groups is 1. The molecule has 0 saturated carbocycles. The molecule has 0 spiro atoms. The number of fused-ring (bicyclic) bond motifs is 1. The molecule has 0 aromatic heterocycles. The highest BCUT2D eigenvalue weighted by atomic mass is 16.5. The molecule has 2 aromatic rings. The van der Waals surface area contributed by atoms with E-state index in [4.69, 9.17) is 4.74 Å². The van der Waals surface area contributed by atoms with Gasteiger partial charge in [0.1, 0.15) is 5.75 Å². The Labute approximate surface area is 202 Å². The number of piperidine rings is 1. The second-order valence-corrected chi connectivity index (χ2v) is 8.80. The van der Waals surface area contributed by atoms with Crippen molar-refractivity contribution < 1.29 is 23.9 Å². The number of amides is 5. The molecule has 0 aliphatic carbocycles. The number of methoxy groups -OCH3 is 1. The van der Waals surface area contributed by atoms with Crippen LogP contribution in [0.3, 0.4) is 0 Å². The lowest BCUT2D eigenvalue weighted by molar-refractivity contribution is -0.122. The lowest BCUT2D eigenvalue weighted by Crippen LogP contribution is -2.54. The highest BCUT2D eigenvalue weighted by Gasteiger charge is 2.48. The van der Waals surface area contributed by atoms with Crippen LogP contribution in [0.5, 0.6) is 5.75 Å². The van der Waals surface area contributed by atoms with Gasteiger partial charge in [-0.1, -0.05) is 17.9 Å². The van der Waals surface area contributed by atoms with E-state index in [1.807, 2.05) is 18.2 Å². The van der Waals surface area contributed by atoms with Crippen molar-refractivity contribution in [3.63, 3.8) is 0 Å². The van der Waals surface area contributed by atoms with Crippen molar-refractivity contribution in [3.05, 3.63) is 59.2 Å². The Bertz CT molecular complexity index is 1290. The summed E-state index contributed by atoms with van der Waals surface area (Å²) in [5.41, 5.74) is 1.15. The average Bonchev–Trinajstić information content (AvgIpc) is 3.32. The first kappa shape index (κ1) is 22.5. The summed E-state index contributed by atoms with van der Waals surface area (Å²) in [4.78, 5) is 53.3. The van der Waals surface area contributed by atoms with Crippen LogP contribution in [0, 0.1) is 11.8 Å². The van der Waals surface area contributed by atoms with Gasteiger partial charge < -0.3 is 19.9 Å². The van der Waals surface area contributed by atoms with Crippen LogP contribution in [-0.4, -0.2) is 54.4 Å². The largest absolute Gasteiger partial charge is 0.497 e. The SMILES string of the molecule is COc1ccc2c(c1)C(=O)N(CC1(C#Cc3ccc(N4CCCCC4=O)cc3)NC(=O)NC1=O)C2. The smallest absolute Gasteiger partial charge is 0.323 e. The van der Waals surface area contributed by atoms with E-state index in [9.17, 15) is 19.2 Å². The third-order valence-electron chi connectivity index (χ3n) is 6.49. The molecule has 9 heteroatoms. The average molecular weight is 473 g/mol. The standard InChI is InChI=1S/C26H24N4O5/c1-35-20-10-7-18-15-29(23(32)21(18)14-20)16-26(24(33)27-25(34)28-26)12-11-17-5-8-19(9-6-17)30-13-3-2-4-22(30)31/h5-10,14H,2-4,13,15-16H2,1H3,(H2,27,28,33,34). The lowest BCUT2D eigenvalue weighted by atomic mass is 9.99. The number of rotatable bonds is 4. The zero-order valence-corrected chi connectivity index (χ0v) is 19.2. The molecule has 3 heterocycles. The molecule has 2 aromatic carbocycles. The van der Waals surface area contributed by atoms with Crippen molar-refractivity contribution in [2.75, 3.05) is 25.1 Å². The number of anilines is 1. The summed E-state index contributed by atoms with van der Waals surface area (Å²) >= 11 is 0. The minimum absolute atomic E-state index is 0.103. The summed E-state index contributed by atoms with van der Waals surface area (Å²) in [6, 6.07) is 11.8. The van der Waals surface area contributed by atoms with E-state index in [0.717, 1.165) is 24.1 Å². The van der Waals surface area contributed by atoms with Gasteiger partial charge in [0.2, 0.25) is 11.4 Å². The normalized spacial score (nSPS) is 21.3. The summed E-state index contributed by atoms with van der Waals surface area (Å²) in [7, 11) is 1.53. The van der Waals surface area contributed by atoms with Crippen LogP contribution >= 0.6 is 0 Å². The van der Waals surface area contributed by atoms with Gasteiger partial charge in [-0.05, 0) is 54.8 Å². The van der Waals surface area contributed by atoms with E-state index in [-0.39, 0.29) is 18.4 Å². The Morgan fingerprint density at radius 2 is 1.86 bits per heavy atom. The minimum Gasteiger partial charge on any atom is -0.497 e. The molecule has 1 unspecified atom stereocenters. The maximum atomic E-state index is 13.0. The summed E-state index contributed by atoms with van der Waals surface area (Å²) in [6.45, 7) is 0.883. The molecule has 3 aliphatic heterocycles. The highest BCUT2D eigenvalue weighted by Crippen LogP contribution is 2.28. The van der Waals surface area contributed by atoms with E-state index >= 15 is 0 Å². The molecular weight excluding hydrogens is 448 g/mol. The fourth-order valence-electron chi connectivity index (χ4n) is 4.59. The van der Waals surface area contributed by atoms with Crippen LogP contribution in [0.15, 0.2) is 42.5 Å². The van der Waals surface area contributed by atoms with Crippen LogP contribution < -0.4 is 20.3 Å². The predicted octanol–water partition coefficient (Wildman–Crippen LogP) is 1.80. The van der Waals surface area contributed by atoms with Crippen molar-refractivity contribution in [2.24, 2.45) is 0 Å². The lowest BCUT2D eigenvalue weighted by Gasteiger charge is -2.27. The van der Waals surface area contributed by atoms with Gasteiger partial charge in [0.25, 0.3) is 11.8 Å².